The first kappa shape index (κ1) is 14.4. The highest BCUT2D eigenvalue weighted by Gasteiger charge is 2.13. The Morgan fingerprint density at radius 1 is 1.05 bits per heavy atom. The second-order valence-electron chi connectivity index (χ2n) is 4.83. The monoisotopic (exact) mass is 390 g/mol. The third kappa shape index (κ3) is 3.37. The Labute approximate surface area is 136 Å². The molecule has 5 heteroatoms. The summed E-state index contributed by atoms with van der Waals surface area (Å²) in [5.41, 5.74) is 6.70. The Hall–Kier alpha value is -1.57. The highest BCUT2D eigenvalue weighted by Crippen LogP contribution is 2.18. The molecular formula is C16H15IN4. The van der Waals surface area contributed by atoms with Crippen molar-refractivity contribution in [2.45, 2.75) is 12.5 Å². The number of benzene rings is 2. The zero-order valence-electron chi connectivity index (χ0n) is 11.3. The number of fused-ring (bicyclic) bond motifs is 1. The molecule has 21 heavy (non-hydrogen) atoms. The highest BCUT2D eigenvalue weighted by atomic mass is 127. The van der Waals surface area contributed by atoms with E-state index in [9.17, 15) is 0 Å². The van der Waals surface area contributed by atoms with Gasteiger partial charge in [-0.25, -0.2) is 4.98 Å². The molecule has 2 aromatic carbocycles. The third-order valence-corrected chi connectivity index (χ3v) is 4.10. The van der Waals surface area contributed by atoms with Crippen molar-refractivity contribution in [2.24, 2.45) is 5.84 Å². The fraction of sp³-hybridized carbons (Fsp3) is 0.125. The number of para-hydroxylation sites is 2. The molecule has 1 atom stereocenters. The van der Waals surface area contributed by atoms with Crippen molar-refractivity contribution in [1.82, 2.24) is 15.4 Å². The van der Waals surface area contributed by atoms with Gasteiger partial charge in [0.15, 0.2) is 0 Å². The van der Waals surface area contributed by atoms with Crippen molar-refractivity contribution in [2.75, 3.05) is 0 Å². The van der Waals surface area contributed by atoms with Crippen LogP contribution in [0.15, 0.2) is 54.7 Å². The van der Waals surface area contributed by atoms with Crippen molar-refractivity contribution in [3.63, 3.8) is 0 Å². The molecule has 1 unspecified atom stereocenters. The second kappa shape index (κ2) is 6.46. The maximum atomic E-state index is 5.71. The van der Waals surface area contributed by atoms with E-state index >= 15 is 0 Å². The first-order chi connectivity index (χ1) is 10.3. The predicted molar refractivity (Wildman–Crippen MR) is 92.5 cm³/mol. The maximum Gasteiger partial charge on any atom is 0.0890 e. The Morgan fingerprint density at radius 2 is 1.76 bits per heavy atom. The average molecular weight is 390 g/mol. The fourth-order valence-corrected chi connectivity index (χ4v) is 2.60. The van der Waals surface area contributed by atoms with Gasteiger partial charge in [-0.3, -0.25) is 16.3 Å². The van der Waals surface area contributed by atoms with Crippen molar-refractivity contribution >= 4 is 33.6 Å². The molecule has 0 amide bonds. The van der Waals surface area contributed by atoms with Crippen LogP contribution in [0.25, 0.3) is 11.0 Å². The summed E-state index contributed by atoms with van der Waals surface area (Å²) >= 11 is 2.30. The van der Waals surface area contributed by atoms with Crippen LogP contribution in [0, 0.1) is 3.57 Å². The summed E-state index contributed by atoms with van der Waals surface area (Å²) in [4.78, 5) is 9.10. The van der Waals surface area contributed by atoms with Crippen LogP contribution in [0.2, 0.25) is 0 Å². The lowest BCUT2D eigenvalue weighted by Crippen LogP contribution is -2.30. The van der Waals surface area contributed by atoms with Gasteiger partial charge in [-0.05, 0) is 58.8 Å². The molecule has 106 valence electrons. The van der Waals surface area contributed by atoms with E-state index in [1.165, 1.54) is 9.13 Å². The van der Waals surface area contributed by atoms with Crippen LogP contribution in [0.5, 0.6) is 0 Å². The Kier molecular flexibility index (Phi) is 4.42. The van der Waals surface area contributed by atoms with Crippen LogP contribution < -0.4 is 11.3 Å². The minimum absolute atomic E-state index is 0.0535. The largest absolute Gasteiger partial charge is 0.271 e. The summed E-state index contributed by atoms with van der Waals surface area (Å²) < 4.78 is 1.22. The molecule has 0 bridgehead atoms. The van der Waals surface area contributed by atoms with E-state index < -0.39 is 0 Å². The number of aromatic nitrogens is 2. The zero-order valence-corrected chi connectivity index (χ0v) is 13.5. The van der Waals surface area contributed by atoms with Gasteiger partial charge in [-0.2, -0.15) is 0 Å². The molecule has 0 radical (unpaired) electrons. The van der Waals surface area contributed by atoms with Gasteiger partial charge < -0.3 is 0 Å². The highest BCUT2D eigenvalue weighted by molar-refractivity contribution is 14.1. The Morgan fingerprint density at radius 3 is 2.48 bits per heavy atom. The molecule has 3 aromatic rings. The number of nitrogens with one attached hydrogen (secondary N) is 1. The van der Waals surface area contributed by atoms with Gasteiger partial charge >= 0.3 is 0 Å². The van der Waals surface area contributed by atoms with Gasteiger partial charge in [0.25, 0.3) is 0 Å². The first-order valence-corrected chi connectivity index (χ1v) is 7.76. The maximum absolute atomic E-state index is 5.71. The lowest BCUT2D eigenvalue weighted by Gasteiger charge is -2.15. The summed E-state index contributed by atoms with van der Waals surface area (Å²) in [5.74, 6) is 5.71. The number of hydrogen-bond acceptors (Lipinski definition) is 4. The molecule has 0 saturated heterocycles. The molecule has 3 N–H and O–H groups in total. The summed E-state index contributed by atoms with van der Waals surface area (Å²) in [6.07, 6.45) is 2.57. The number of hydrazine groups is 1. The average Bonchev–Trinajstić information content (AvgIpc) is 2.54. The molecule has 4 nitrogen and oxygen atoms in total. The van der Waals surface area contributed by atoms with E-state index in [0.29, 0.717) is 0 Å². The lowest BCUT2D eigenvalue weighted by molar-refractivity contribution is 0.538. The van der Waals surface area contributed by atoms with Gasteiger partial charge in [0.2, 0.25) is 0 Å². The minimum atomic E-state index is -0.0535. The van der Waals surface area contributed by atoms with Gasteiger partial charge in [0, 0.05) is 3.57 Å². The summed E-state index contributed by atoms with van der Waals surface area (Å²) in [5, 5.41) is 0. The normalized spacial score (nSPS) is 12.5. The van der Waals surface area contributed by atoms with Crippen LogP contribution in [0.3, 0.4) is 0 Å². The van der Waals surface area contributed by atoms with Crippen molar-refractivity contribution < 1.29 is 0 Å². The molecule has 0 aliphatic carbocycles. The second-order valence-corrected chi connectivity index (χ2v) is 6.08. The SMILES string of the molecule is NNC(Cc1ccc(I)cc1)c1cnc2ccccc2n1. The van der Waals surface area contributed by atoms with E-state index in [-0.39, 0.29) is 6.04 Å². The van der Waals surface area contributed by atoms with Crippen molar-refractivity contribution in [3.8, 4) is 0 Å². The van der Waals surface area contributed by atoms with E-state index in [1.807, 2.05) is 24.3 Å². The number of halogens is 1. The van der Waals surface area contributed by atoms with Crippen LogP contribution >= 0.6 is 22.6 Å². The van der Waals surface area contributed by atoms with E-state index in [2.05, 4.69) is 62.3 Å². The lowest BCUT2D eigenvalue weighted by atomic mass is 10.0. The zero-order chi connectivity index (χ0) is 14.7. The Balaban J connectivity index is 1.88. The summed E-state index contributed by atoms with van der Waals surface area (Å²) in [6.45, 7) is 0. The molecule has 0 saturated carbocycles. The number of nitrogens with zero attached hydrogens (tertiary/aromatic N) is 2. The standard InChI is InChI=1S/C16H15IN4/c17-12-7-5-11(6-8-12)9-15(21-18)16-10-19-13-3-1-2-4-14(13)20-16/h1-8,10,15,21H,9,18H2. The smallest absolute Gasteiger partial charge is 0.0890 e. The molecule has 0 spiro atoms. The number of nitrogens with two attached hydrogens (primary N) is 1. The summed E-state index contributed by atoms with van der Waals surface area (Å²) in [7, 11) is 0. The molecule has 0 fully saturated rings. The molecule has 0 aliphatic heterocycles. The van der Waals surface area contributed by atoms with Gasteiger partial charge in [0.05, 0.1) is 29.0 Å². The summed E-state index contributed by atoms with van der Waals surface area (Å²) in [6, 6.07) is 16.2. The molecular weight excluding hydrogens is 375 g/mol. The number of rotatable bonds is 4. The van der Waals surface area contributed by atoms with E-state index in [0.717, 1.165) is 23.1 Å². The van der Waals surface area contributed by atoms with E-state index in [4.69, 9.17) is 5.84 Å². The molecule has 1 heterocycles. The van der Waals surface area contributed by atoms with Crippen molar-refractivity contribution in [1.29, 1.82) is 0 Å². The van der Waals surface area contributed by atoms with Gasteiger partial charge in [0.1, 0.15) is 0 Å². The third-order valence-electron chi connectivity index (χ3n) is 3.38. The topological polar surface area (TPSA) is 63.8 Å². The molecule has 1 aromatic heterocycles. The predicted octanol–water partition coefficient (Wildman–Crippen LogP) is 2.98. The fourth-order valence-electron chi connectivity index (χ4n) is 2.24. The van der Waals surface area contributed by atoms with Gasteiger partial charge in [-0.1, -0.05) is 24.3 Å². The van der Waals surface area contributed by atoms with Crippen LogP contribution in [-0.4, -0.2) is 9.97 Å². The van der Waals surface area contributed by atoms with E-state index in [1.54, 1.807) is 6.20 Å². The number of hydrogen-bond donors (Lipinski definition) is 2. The quantitative estimate of drug-likeness (QED) is 0.409. The van der Waals surface area contributed by atoms with Crippen LogP contribution in [0.1, 0.15) is 17.3 Å². The Bertz CT molecular complexity index is 743. The first-order valence-electron chi connectivity index (χ1n) is 6.68. The van der Waals surface area contributed by atoms with Crippen molar-refractivity contribution in [3.05, 3.63) is 69.6 Å². The molecule has 3 rings (SSSR count). The van der Waals surface area contributed by atoms with Crippen LogP contribution in [0.4, 0.5) is 0 Å². The van der Waals surface area contributed by atoms with Crippen LogP contribution in [-0.2, 0) is 6.42 Å². The minimum Gasteiger partial charge on any atom is -0.271 e. The molecule has 0 aliphatic rings. The van der Waals surface area contributed by atoms with Gasteiger partial charge in [-0.15, -0.1) is 0 Å².